The fourth-order valence-electron chi connectivity index (χ4n) is 3.14. The van der Waals surface area contributed by atoms with E-state index in [2.05, 4.69) is 0 Å². The number of hydrogen-bond acceptors (Lipinski definition) is 7. The molecule has 0 aliphatic carbocycles. The smallest absolute Gasteiger partial charge is 0.338 e. The first-order valence-electron chi connectivity index (χ1n) is 7.98. The van der Waals surface area contributed by atoms with E-state index in [0.29, 0.717) is 15.6 Å². The third-order valence-electron chi connectivity index (χ3n) is 4.40. The summed E-state index contributed by atoms with van der Waals surface area (Å²) >= 11 is 7.17. The number of halogens is 1. The van der Waals surface area contributed by atoms with Gasteiger partial charge in [0, 0.05) is 5.02 Å². The average Bonchev–Trinajstić information content (AvgIpc) is 2.96. The van der Waals surface area contributed by atoms with Crippen molar-refractivity contribution in [1.82, 2.24) is 4.90 Å². The van der Waals surface area contributed by atoms with Gasteiger partial charge in [0.15, 0.2) is 0 Å². The second kappa shape index (κ2) is 7.28. The first-order valence-corrected chi connectivity index (χ1v) is 9.24. The van der Waals surface area contributed by atoms with Crippen molar-refractivity contribution >= 4 is 41.2 Å². The fourth-order valence-corrected chi connectivity index (χ4v) is 4.43. The first kappa shape index (κ1) is 19.3. The number of nitrogens with zero attached hydrogens (tertiary/aromatic N) is 1. The highest BCUT2D eigenvalue weighted by Gasteiger charge is 2.48. The van der Waals surface area contributed by atoms with E-state index in [4.69, 9.17) is 26.8 Å². The SMILES string of the molecule is COC(=O)C1=C(N)N2C(=O)C(C)SC2=C(C(=O)OC)C1c1ccc(Cl)cc1. The molecule has 0 bridgehead atoms. The van der Waals surface area contributed by atoms with Gasteiger partial charge in [-0.1, -0.05) is 35.5 Å². The van der Waals surface area contributed by atoms with E-state index in [0.717, 1.165) is 0 Å². The summed E-state index contributed by atoms with van der Waals surface area (Å²) < 4.78 is 9.84. The number of amides is 1. The maximum Gasteiger partial charge on any atom is 0.338 e. The van der Waals surface area contributed by atoms with Gasteiger partial charge in [0.2, 0.25) is 5.91 Å². The molecule has 3 rings (SSSR count). The number of hydrogen-bond donors (Lipinski definition) is 1. The van der Waals surface area contributed by atoms with Crippen molar-refractivity contribution in [3.8, 4) is 0 Å². The van der Waals surface area contributed by atoms with Crippen molar-refractivity contribution in [3.05, 3.63) is 56.8 Å². The van der Waals surface area contributed by atoms with Crippen LogP contribution < -0.4 is 5.73 Å². The van der Waals surface area contributed by atoms with Crippen LogP contribution in [0, 0.1) is 0 Å². The molecule has 0 saturated carbocycles. The molecule has 1 amide bonds. The lowest BCUT2D eigenvalue weighted by Gasteiger charge is -2.32. The van der Waals surface area contributed by atoms with Crippen molar-refractivity contribution in [2.24, 2.45) is 5.73 Å². The zero-order chi connectivity index (χ0) is 19.9. The normalized spacial score (nSPS) is 22.1. The average molecular weight is 409 g/mol. The minimum atomic E-state index is -0.848. The van der Waals surface area contributed by atoms with Crippen LogP contribution in [0.15, 0.2) is 46.3 Å². The van der Waals surface area contributed by atoms with Gasteiger partial charge in [-0.25, -0.2) is 9.59 Å². The molecule has 27 heavy (non-hydrogen) atoms. The Balaban J connectivity index is 2.32. The van der Waals surface area contributed by atoms with Gasteiger partial charge < -0.3 is 15.2 Å². The second-order valence-electron chi connectivity index (χ2n) is 5.92. The number of ether oxygens (including phenoxy) is 2. The number of carbonyl (C=O) groups is 3. The maximum absolute atomic E-state index is 12.7. The van der Waals surface area contributed by atoms with Crippen molar-refractivity contribution in [2.45, 2.75) is 18.1 Å². The van der Waals surface area contributed by atoms with Gasteiger partial charge in [-0.05, 0) is 24.6 Å². The van der Waals surface area contributed by atoms with Crippen molar-refractivity contribution in [1.29, 1.82) is 0 Å². The number of fused-ring (bicyclic) bond motifs is 1. The first-order chi connectivity index (χ1) is 12.8. The van der Waals surface area contributed by atoms with E-state index in [9.17, 15) is 14.4 Å². The Morgan fingerprint density at radius 3 is 2.22 bits per heavy atom. The number of esters is 2. The van der Waals surface area contributed by atoms with E-state index < -0.39 is 23.1 Å². The Morgan fingerprint density at radius 2 is 1.67 bits per heavy atom. The van der Waals surface area contributed by atoms with E-state index in [-0.39, 0.29) is 22.9 Å². The Bertz CT molecular complexity index is 894. The third kappa shape index (κ3) is 3.08. The lowest BCUT2D eigenvalue weighted by molar-refractivity contribution is -0.137. The van der Waals surface area contributed by atoms with Gasteiger partial charge in [-0.15, -0.1) is 0 Å². The highest BCUT2D eigenvalue weighted by atomic mass is 35.5. The minimum Gasteiger partial charge on any atom is -0.466 e. The summed E-state index contributed by atoms with van der Waals surface area (Å²) in [7, 11) is 2.45. The van der Waals surface area contributed by atoms with Crippen LogP contribution in [0.3, 0.4) is 0 Å². The van der Waals surface area contributed by atoms with Crippen LogP contribution in [-0.2, 0) is 23.9 Å². The number of methoxy groups -OCH3 is 2. The van der Waals surface area contributed by atoms with Crippen molar-refractivity contribution in [3.63, 3.8) is 0 Å². The van der Waals surface area contributed by atoms with E-state index in [1.807, 2.05) is 0 Å². The van der Waals surface area contributed by atoms with E-state index in [1.54, 1.807) is 31.2 Å². The van der Waals surface area contributed by atoms with Crippen LogP contribution in [-0.4, -0.2) is 42.2 Å². The molecule has 2 atom stereocenters. The van der Waals surface area contributed by atoms with Crippen molar-refractivity contribution in [2.75, 3.05) is 14.2 Å². The monoisotopic (exact) mass is 408 g/mol. The zero-order valence-electron chi connectivity index (χ0n) is 14.8. The fraction of sp³-hybridized carbons (Fsp3) is 0.278. The third-order valence-corrected chi connectivity index (χ3v) is 5.83. The molecule has 1 fully saturated rings. The molecule has 2 N–H and O–H groups in total. The summed E-state index contributed by atoms with van der Waals surface area (Å²) in [5.41, 5.74) is 6.98. The summed E-state index contributed by atoms with van der Waals surface area (Å²) in [6.07, 6.45) is 0. The number of nitrogens with two attached hydrogens (primary N) is 1. The predicted octanol–water partition coefficient (Wildman–Crippen LogP) is 2.13. The molecule has 7 nitrogen and oxygen atoms in total. The summed E-state index contributed by atoms with van der Waals surface area (Å²) in [6, 6.07) is 6.66. The zero-order valence-corrected chi connectivity index (χ0v) is 16.4. The molecule has 2 aliphatic heterocycles. The summed E-state index contributed by atoms with van der Waals surface area (Å²) in [5.74, 6) is -2.60. The standard InChI is InChI=1S/C18H17ClN2O5S/c1-8-15(22)21-14(20)12(17(23)25-2)11(9-4-6-10(19)7-5-9)13(16(21)27-8)18(24)26-3/h4-8,11H,20H2,1-3H3. The number of benzene rings is 1. The molecule has 1 aromatic carbocycles. The van der Waals surface area contributed by atoms with Gasteiger partial charge in [-0.3, -0.25) is 9.69 Å². The van der Waals surface area contributed by atoms with Crippen LogP contribution >= 0.6 is 23.4 Å². The highest BCUT2D eigenvalue weighted by molar-refractivity contribution is 8.04. The number of thioether (sulfide) groups is 1. The molecule has 142 valence electrons. The Morgan fingerprint density at radius 1 is 1.11 bits per heavy atom. The topological polar surface area (TPSA) is 98.9 Å². The summed E-state index contributed by atoms with van der Waals surface area (Å²) in [6.45, 7) is 1.70. The minimum absolute atomic E-state index is 0.00650. The highest BCUT2D eigenvalue weighted by Crippen LogP contribution is 2.49. The lowest BCUT2D eigenvalue weighted by Crippen LogP contribution is -2.40. The maximum atomic E-state index is 12.7. The summed E-state index contributed by atoms with van der Waals surface area (Å²) in [4.78, 5) is 39.0. The molecule has 2 heterocycles. The predicted molar refractivity (Wildman–Crippen MR) is 100 cm³/mol. The molecule has 0 aromatic heterocycles. The molecule has 0 radical (unpaired) electrons. The Kier molecular flexibility index (Phi) is 5.21. The molecule has 1 aromatic rings. The van der Waals surface area contributed by atoms with Crippen LogP contribution in [0.4, 0.5) is 0 Å². The quantitative estimate of drug-likeness (QED) is 0.765. The van der Waals surface area contributed by atoms with Crippen LogP contribution in [0.5, 0.6) is 0 Å². The van der Waals surface area contributed by atoms with Gasteiger partial charge in [0.05, 0.1) is 41.6 Å². The van der Waals surface area contributed by atoms with Gasteiger partial charge >= 0.3 is 11.9 Å². The van der Waals surface area contributed by atoms with E-state index >= 15 is 0 Å². The largest absolute Gasteiger partial charge is 0.466 e. The van der Waals surface area contributed by atoms with Gasteiger partial charge in [0.1, 0.15) is 5.82 Å². The van der Waals surface area contributed by atoms with Gasteiger partial charge in [-0.2, -0.15) is 0 Å². The summed E-state index contributed by atoms with van der Waals surface area (Å²) in [5, 5.41) is 0.407. The lowest BCUT2D eigenvalue weighted by atomic mass is 9.82. The molecule has 2 aliphatic rings. The molecule has 0 spiro atoms. The second-order valence-corrected chi connectivity index (χ2v) is 7.69. The molecular weight excluding hydrogens is 392 g/mol. The van der Waals surface area contributed by atoms with E-state index in [1.165, 1.54) is 30.9 Å². The molecule has 1 saturated heterocycles. The van der Waals surface area contributed by atoms with Crippen LogP contribution in [0.25, 0.3) is 0 Å². The number of rotatable bonds is 3. The molecule has 2 unspecified atom stereocenters. The molecular formula is C18H17ClN2O5S. The Labute approximate surface area is 165 Å². The van der Waals surface area contributed by atoms with Gasteiger partial charge in [0.25, 0.3) is 0 Å². The number of carbonyl (C=O) groups excluding carboxylic acids is 3. The van der Waals surface area contributed by atoms with Crippen molar-refractivity contribution < 1.29 is 23.9 Å². The van der Waals surface area contributed by atoms with Crippen LogP contribution in [0.1, 0.15) is 18.4 Å². The molecule has 9 heteroatoms. The Hall–Kier alpha value is -2.45. The van der Waals surface area contributed by atoms with Crippen LogP contribution in [0.2, 0.25) is 5.02 Å².